The van der Waals surface area contributed by atoms with Gasteiger partial charge in [0.15, 0.2) is 11.5 Å². The molecule has 0 radical (unpaired) electrons. The van der Waals surface area contributed by atoms with Crippen molar-refractivity contribution >= 4 is 5.84 Å². The first-order chi connectivity index (χ1) is 16.9. The third kappa shape index (κ3) is 5.70. The van der Waals surface area contributed by atoms with Crippen molar-refractivity contribution in [1.82, 2.24) is 4.90 Å². The molecule has 6 heteroatoms. The molecule has 1 aliphatic heterocycles. The van der Waals surface area contributed by atoms with E-state index in [9.17, 15) is 0 Å². The van der Waals surface area contributed by atoms with Crippen LogP contribution in [0.25, 0.3) is 0 Å². The van der Waals surface area contributed by atoms with Crippen LogP contribution in [0.15, 0.2) is 82.7 Å². The molecule has 2 aromatic carbocycles. The molecule has 1 saturated heterocycles. The van der Waals surface area contributed by atoms with Gasteiger partial charge in [0.2, 0.25) is 0 Å². The second-order valence-electron chi connectivity index (χ2n) is 9.34. The monoisotopic (exact) mass is 473 g/mol. The smallest absolute Gasteiger partial charge is 0.161 e. The third-order valence-corrected chi connectivity index (χ3v) is 7.00. The van der Waals surface area contributed by atoms with Gasteiger partial charge in [0.05, 0.1) is 20.5 Å². The molecule has 0 unspecified atom stereocenters. The van der Waals surface area contributed by atoms with Crippen molar-refractivity contribution in [2.75, 3.05) is 27.3 Å². The predicted molar refractivity (Wildman–Crippen MR) is 140 cm³/mol. The van der Waals surface area contributed by atoms with Crippen LogP contribution in [0, 0.1) is 12.3 Å². The summed E-state index contributed by atoms with van der Waals surface area (Å²) in [5.41, 5.74) is 9.69. The number of benzene rings is 2. The first-order valence-electron chi connectivity index (χ1n) is 12.0. The number of aliphatic imine (C=N–C) groups is 1. The molecule has 0 saturated carbocycles. The van der Waals surface area contributed by atoms with Crippen LogP contribution in [-0.2, 0) is 12.8 Å². The highest BCUT2D eigenvalue weighted by molar-refractivity contribution is 6.00. The second kappa shape index (κ2) is 10.7. The standard InChI is InChI=1S/C29H35N3O3/c1-21-17-26(33-3)27(34-4)18-25(21)28(30)31-22(2)32-14-12-29(13-15-32,20-24-11-8-16-35-24)19-23-9-6-5-7-10-23/h5-11,16-18H,2,12-15,19-20H2,1,3-4H3,(H2,30,31). The predicted octanol–water partition coefficient (Wildman–Crippen LogP) is 5.35. The van der Waals surface area contributed by atoms with Gasteiger partial charge in [0.1, 0.15) is 17.4 Å². The van der Waals surface area contributed by atoms with E-state index in [-0.39, 0.29) is 5.41 Å². The molecule has 184 valence electrons. The van der Waals surface area contributed by atoms with Crippen LogP contribution < -0.4 is 15.2 Å². The van der Waals surface area contributed by atoms with E-state index in [0.717, 1.165) is 55.7 Å². The molecule has 3 aromatic rings. The molecular formula is C29H35N3O3. The summed E-state index contributed by atoms with van der Waals surface area (Å²) in [6.45, 7) is 7.96. The lowest BCUT2D eigenvalue weighted by atomic mass is 9.71. The summed E-state index contributed by atoms with van der Waals surface area (Å²) in [7, 11) is 3.23. The summed E-state index contributed by atoms with van der Waals surface area (Å²) >= 11 is 0. The van der Waals surface area contributed by atoms with Crippen LogP contribution in [0.5, 0.6) is 11.5 Å². The number of likely N-dealkylation sites (tertiary alicyclic amines) is 1. The number of amidine groups is 1. The summed E-state index contributed by atoms with van der Waals surface area (Å²) in [5, 5.41) is 0. The fraction of sp³-hybridized carbons (Fsp3) is 0.345. The number of hydrogen-bond donors (Lipinski definition) is 1. The largest absolute Gasteiger partial charge is 0.493 e. The van der Waals surface area contributed by atoms with Gasteiger partial charge >= 0.3 is 0 Å². The van der Waals surface area contributed by atoms with Gasteiger partial charge in [-0.1, -0.05) is 36.9 Å². The maximum Gasteiger partial charge on any atom is 0.161 e. The van der Waals surface area contributed by atoms with Gasteiger partial charge in [0.25, 0.3) is 0 Å². The molecule has 4 rings (SSSR count). The van der Waals surface area contributed by atoms with E-state index in [0.29, 0.717) is 23.2 Å². The summed E-state index contributed by atoms with van der Waals surface area (Å²) in [5.74, 6) is 3.44. The maximum absolute atomic E-state index is 6.42. The van der Waals surface area contributed by atoms with E-state index < -0.39 is 0 Å². The Kier molecular flexibility index (Phi) is 7.49. The Morgan fingerprint density at radius 1 is 1.03 bits per heavy atom. The lowest BCUT2D eigenvalue weighted by molar-refractivity contribution is 0.119. The Labute approximate surface area is 208 Å². The number of nitrogens with zero attached hydrogens (tertiary/aromatic N) is 2. The Balaban J connectivity index is 1.49. The van der Waals surface area contributed by atoms with Crippen LogP contribution in [0.2, 0.25) is 0 Å². The van der Waals surface area contributed by atoms with E-state index >= 15 is 0 Å². The SMILES string of the molecule is C=C(/N=C(/N)c1cc(OC)c(OC)cc1C)N1CCC(Cc2ccccc2)(Cc2ccco2)CC1. The van der Waals surface area contributed by atoms with Crippen molar-refractivity contribution in [2.24, 2.45) is 16.1 Å². The average molecular weight is 474 g/mol. The molecular weight excluding hydrogens is 438 g/mol. The molecule has 0 spiro atoms. The fourth-order valence-electron chi connectivity index (χ4n) is 4.99. The van der Waals surface area contributed by atoms with Crippen LogP contribution in [0.3, 0.4) is 0 Å². The highest BCUT2D eigenvalue weighted by Gasteiger charge is 2.36. The summed E-state index contributed by atoms with van der Waals surface area (Å²) in [6, 6.07) is 18.5. The number of methoxy groups -OCH3 is 2. The summed E-state index contributed by atoms with van der Waals surface area (Å²) < 4.78 is 16.6. The molecule has 1 aliphatic rings. The molecule has 6 nitrogen and oxygen atoms in total. The minimum atomic E-state index is 0.130. The minimum absolute atomic E-state index is 0.130. The number of furan rings is 1. The van der Waals surface area contributed by atoms with Crippen molar-refractivity contribution in [3.05, 3.63) is 95.7 Å². The van der Waals surface area contributed by atoms with Crippen molar-refractivity contribution in [1.29, 1.82) is 0 Å². The van der Waals surface area contributed by atoms with Gasteiger partial charge in [0, 0.05) is 25.1 Å². The number of hydrogen-bond acceptors (Lipinski definition) is 5. The quantitative estimate of drug-likeness (QED) is 0.335. The molecule has 0 amide bonds. The zero-order valence-corrected chi connectivity index (χ0v) is 20.9. The first kappa shape index (κ1) is 24.5. The van der Waals surface area contributed by atoms with E-state index in [2.05, 4.69) is 52.9 Å². The molecule has 35 heavy (non-hydrogen) atoms. The van der Waals surface area contributed by atoms with E-state index in [4.69, 9.17) is 19.6 Å². The molecule has 2 N–H and O–H groups in total. The molecule has 1 aromatic heterocycles. The lowest BCUT2D eigenvalue weighted by Gasteiger charge is -2.42. The lowest BCUT2D eigenvalue weighted by Crippen LogP contribution is -2.41. The van der Waals surface area contributed by atoms with Gasteiger partial charge in [-0.05, 0) is 67.0 Å². The van der Waals surface area contributed by atoms with Crippen LogP contribution in [-0.4, -0.2) is 38.0 Å². The number of rotatable bonds is 9. The van der Waals surface area contributed by atoms with Gasteiger partial charge in [-0.3, -0.25) is 0 Å². The Hall–Kier alpha value is -3.67. The van der Waals surface area contributed by atoms with E-state index in [1.54, 1.807) is 20.5 Å². The summed E-state index contributed by atoms with van der Waals surface area (Å²) in [4.78, 5) is 6.91. The van der Waals surface area contributed by atoms with Gasteiger partial charge in [-0.25, -0.2) is 4.99 Å². The molecule has 2 heterocycles. The molecule has 0 bridgehead atoms. The second-order valence-corrected chi connectivity index (χ2v) is 9.34. The Bertz CT molecular complexity index is 1160. The van der Waals surface area contributed by atoms with Crippen molar-refractivity contribution in [3.63, 3.8) is 0 Å². The van der Waals surface area contributed by atoms with Crippen LogP contribution in [0.1, 0.15) is 35.3 Å². The number of ether oxygens (including phenoxy) is 2. The van der Waals surface area contributed by atoms with Crippen LogP contribution in [0.4, 0.5) is 0 Å². The topological polar surface area (TPSA) is 73.2 Å². The van der Waals surface area contributed by atoms with Crippen LogP contribution >= 0.6 is 0 Å². The first-order valence-corrected chi connectivity index (χ1v) is 12.0. The van der Waals surface area contributed by atoms with E-state index in [1.807, 2.05) is 25.1 Å². The van der Waals surface area contributed by atoms with Gasteiger partial charge in [-0.2, -0.15) is 0 Å². The highest BCUT2D eigenvalue weighted by Crippen LogP contribution is 2.39. The zero-order chi connectivity index (χ0) is 24.8. The maximum atomic E-state index is 6.42. The number of piperidine rings is 1. The third-order valence-electron chi connectivity index (χ3n) is 7.00. The minimum Gasteiger partial charge on any atom is -0.493 e. The van der Waals surface area contributed by atoms with E-state index in [1.165, 1.54) is 5.56 Å². The fourth-order valence-corrected chi connectivity index (χ4v) is 4.99. The highest BCUT2D eigenvalue weighted by atomic mass is 16.5. The number of nitrogens with two attached hydrogens (primary N) is 1. The average Bonchev–Trinajstić information content (AvgIpc) is 3.37. The van der Waals surface area contributed by atoms with Crippen molar-refractivity contribution < 1.29 is 13.9 Å². The number of aryl methyl sites for hydroxylation is 1. The molecule has 0 aliphatic carbocycles. The summed E-state index contributed by atoms with van der Waals surface area (Å²) in [6.07, 6.45) is 5.74. The van der Waals surface area contributed by atoms with Gasteiger partial charge in [-0.15, -0.1) is 0 Å². The van der Waals surface area contributed by atoms with Crippen molar-refractivity contribution in [3.8, 4) is 11.5 Å². The molecule has 1 fully saturated rings. The normalized spacial score (nSPS) is 15.6. The Morgan fingerprint density at radius 2 is 1.71 bits per heavy atom. The molecule has 0 atom stereocenters. The Morgan fingerprint density at radius 3 is 2.34 bits per heavy atom. The van der Waals surface area contributed by atoms with Crippen molar-refractivity contribution in [2.45, 2.75) is 32.6 Å². The van der Waals surface area contributed by atoms with Gasteiger partial charge < -0.3 is 24.5 Å². The zero-order valence-electron chi connectivity index (χ0n) is 20.9.